The second-order valence-electron chi connectivity index (χ2n) is 5.97. The van der Waals surface area contributed by atoms with Gasteiger partial charge in [-0.05, 0) is 61.4 Å². The van der Waals surface area contributed by atoms with Crippen molar-refractivity contribution in [3.05, 3.63) is 34.9 Å². The van der Waals surface area contributed by atoms with E-state index in [1.165, 1.54) is 55.5 Å². The van der Waals surface area contributed by atoms with E-state index in [9.17, 15) is 0 Å². The Morgan fingerprint density at radius 2 is 1.95 bits per heavy atom. The third-order valence-electron chi connectivity index (χ3n) is 4.59. The molecule has 1 nitrogen and oxygen atoms in total. The Morgan fingerprint density at radius 1 is 1.25 bits per heavy atom. The first-order valence-corrected chi connectivity index (χ1v) is 8.51. The number of hydrogen-bond donors (Lipinski definition) is 0. The molecule has 0 spiro atoms. The van der Waals surface area contributed by atoms with Crippen LogP contribution in [0.1, 0.15) is 62.6 Å². The summed E-state index contributed by atoms with van der Waals surface area (Å²) in [5.41, 5.74) is 4.29. The van der Waals surface area contributed by atoms with Gasteiger partial charge in [-0.3, -0.25) is 4.90 Å². The van der Waals surface area contributed by atoms with E-state index in [4.69, 9.17) is 12.2 Å². The average molecular weight is 289 g/mol. The Balaban J connectivity index is 2.29. The van der Waals surface area contributed by atoms with E-state index >= 15 is 0 Å². The summed E-state index contributed by atoms with van der Waals surface area (Å²) in [5.74, 6) is 0.590. The first kappa shape index (κ1) is 15.7. The van der Waals surface area contributed by atoms with E-state index in [0.717, 1.165) is 0 Å². The Bertz CT molecular complexity index is 449. The van der Waals surface area contributed by atoms with Gasteiger partial charge in [-0.2, -0.15) is 0 Å². The lowest BCUT2D eigenvalue weighted by Gasteiger charge is -2.40. The van der Waals surface area contributed by atoms with Crippen LogP contribution in [0, 0.1) is 0 Å². The molecule has 1 aromatic carbocycles. The van der Waals surface area contributed by atoms with Crippen molar-refractivity contribution in [1.82, 2.24) is 4.90 Å². The SMILES string of the molecule is CCCN(CCC)[C@H]1CCc2cccc(C=S)c2[C@H]1C. The van der Waals surface area contributed by atoms with Gasteiger partial charge < -0.3 is 0 Å². The van der Waals surface area contributed by atoms with E-state index < -0.39 is 0 Å². The topological polar surface area (TPSA) is 3.24 Å². The Kier molecular flexibility index (Phi) is 5.74. The number of rotatable bonds is 6. The largest absolute Gasteiger partial charge is 0.300 e. The van der Waals surface area contributed by atoms with Crippen molar-refractivity contribution in [2.45, 2.75) is 58.4 Å². The summed E-state index contributed by atoms with van der Waals surface area (Å²) in [6.45, 7) is 9.40. The van der Waals surface area contributed by atoms with Crippen LogP contribution in [0.3, 0.4) is 0 Å². The molecule has 2 heteroatoms. The molecule has 0 aromatic heterocycles. The van der Waals surface area contributed by atoms with Gasteiger partial charge in [0.25, 0.3) is 0 Å². The molecule has 0 aliphatic heterocycles. The summed E-state index contributed by atoms with van der Waals surface area (Å²) in [4.78, 5) is 2.70. The summed E-state index contributed by atoms with van der Waals surface area (Å²) in [5, 5.41) is 1.86. The highest BCUT2D eigenvalue weighted by Gasteiger charge is 2.31. The third kappa shape index (κ3) is 3.12. The molecular weight excluding hydrogens is 262 g/mol. The standard InChI is InChI=1S/C18H27NS/c1-4-11-19(12-5-2)17-10-9-15-7-6-8-16(13-20)18(15)14(17)3/h6-8,13-14,17H,4-5,9-12H2,1-3H3/t14-,17-/m0/s1. The summed E-state index contributed by atoms with van der Waals surface area (Å²) < 4.78 is 0. The van der Waals surface area contributed by atoms with E-state index in [2.05, 4.69) is 43.9 Å². The highest BCUT2D eigenvalue weighted by atomic mass is 32.1. The van der Waals surface area contributed by atoms with E-state index in [-0.39, 0.29) is 0 Å². The fourth-order valence-electron chi connectivity index (χ4n) is 3.77. The molecule has 0 radical (unpaired) electrons. The minimum absolute atomic E-state index is 0.590. The second kappa shape index (κ2) is 7.33. The molecule has 1 aromatic rings. The van der Waals surface area contributed by atoms with Crippen LogP contribution in [0.2, 0.25) is 0 Å². The van der Waals surface area contributed by atoms with Gasteiger partial charge in [0.2, 0.25) is 0 Å². The lowest BCUT2D eigenvalue weighted by Crippen LogP contribution is -2.42. The monoisotopic (exact) mass is 289 g/mol. The summed E-state index contributed by atoms with van der Waals surface area (Å²) >= 11 is 5.23. The molecule has 0 fully saturated rings. The highest BCUT2D eigenvalue weighted by Crippen LogP contribution is 2.36. The first-order chi connectivity index (χ1) is 9.72. The van der Waals surface area contributed by atoms with Crippen molar-refractivity contribution in [3.63, 3.8) is 0 Å². The van der Waals surface area contributed by atoms with Gasteiger partial charge >= 0.3 is 0 Å². The Hall–Kier alpha value is -0.730. The van der Waals surface area contributed by atoms with E-state index in [1.54, 1.807) is 0 Å². The van der Waals surface area contributed by atoms with Crippen LogP contribution < -0.4 is 0 Å². The number of fused-ring (bicyclic) bond motifs is 1. The maximum Gasteiger partial charge on any atom is 0.0165 e. The lowest BCUT2D eigenvalue weighted by molar-refractivity contribution is 0.159. The second-order valence-corrected chi connectivity index (χ2v) is 6.20. The quantitative estimate of drug-likeness (QED) is 0.706. The number of nitrogens with zero attached hydrogens (tertiary/aromatic N) is 1. The van der Waals surface area contributed by atoms with Crippen molar-refractivity contribution in [2.75, 3.05) is 13.1 Å². The highest BCUT2D eigenvalue weighted by molar-refractivity contribution is 7.79. The zero-order valence-corrected chi connectivity index (χ0v) is 13.9. The van der Waals surface area contributed by atoms with Gasteiger partial charge in [0.15, 0.2) is 0 Å². The molecule has 0 amide bonds. The van der Waals surface area contributed by atoms with Crippen LogP contribution in [-0.4, -0.2) is 29.4 Å². The third-order valence-corrected chi connectivity index (χ3v) is 4.84. The zero-order valence-electron chi connectivity index (χ0n) is 13.1. The molecular formula is C18H27NS. The zero-order chi connectivity index (χ0) is 14.5. The van der Waals surface area contributed by atoms with Gasteiger partial charge in [0.05, 0.1) is 0 Å². The fourth-order valence-corrected chi connectivity index (χ4v) is 3.98. The van der Waals surface area contributed by atoms with Crippen molar-refractivity contribution in [2.24, 2.45) is 0 Å². The van der Waals surface area contributed by atoms with Crippen LogP contribution >= 0.6 is 12.2 Å². The normalized spacial score (nSPS) is 21.8. The van der Waals surface area contributed by atoms with Gasteiger partial charge in [-0.15, -0.1) is 0 Å². The predicted octanol–water partition coefficient (Wildman–Crippen LogP) is 4.57. The first-order valence-electron chi connectivity index (χ1n) is 8.03. The molecule has 1 aliphatic carbocycles. The minimum Gasteiger partial charge on any atom is -0.300 e. The van der Waals surface area contributed by atoms with Crippen LogP contribution in [0.25, 0.3) is 0 Å². The van der Waals surface area contributed by atoms with Gasteiger partial charge in [0, 0.05) is 11.4 Å². The van der Waals surface area contributed by atoms with E-state index in [1.807, 2.05) is 5.37 Å². The molecule has 0 saturated heterocycles. The van der Waals surface area contributed by atoms with Gasteiger partial charge in [-0.25, -0.2) is 0 Å². The summed E-state index contributed by atoms with van der Waals surface area (Å²) in [6.07, 6.45) is 4.97. The van der Waals surface area contributed by atoms with Gasteiger partial charge in [-0.1, -0.05) is 51.2 Å². The van der Waals surface area contributed by atoms with E-state index in [0.29, 0.717) is 12.0 Å². The number of hydrogen-bond acceptors (Lipinski definition) is 2. The van der Waals surface area contributed by atoms with Crippen LogP contribution in [0.5, 0.6) is 0 Å². The minimum atomic E-state index is 0.590. The van der Waals surface area contributed by atoms with Crippen molar-refractivity contribution in [3.8, 4) is 0 Å². The summed E-state index contributed by atoms with van der Waals surface area (Å²) in [7, 11) is 0. The molecule has 0 saturated carbocycles. The Labute approximate surface area is 129 Å². The molecule has 0 N–H and O–H groups in total. The van der Waals surface area contributed by atoms with Crippen LogP contribution in [0.15, 0.2) is 18.2 Å². The fraction of sp³-hybridized carbons (Fsp3) is 0.611. The summed E-state index contributed by atoms with van der Waals surface area (Å²) in [6, 6.07) is 7.29. The average Bonchev–Trinajstić information content (AvgIpc) is 2.47. The molecule has 20 heavy (non-hydrogen) atoms. The van der Waals surface area contributed by atoms with Crippen LogP contribution in [0.4, 0.5) is 0 Å². The van der Waals surface area contributed by atoms with Crippen LogP contribution in [-0.2, 0) is 6.42 Å². The van der Waals surface area contributed by atoms with Crippen molar-refractivity contribution in [1.29, 1.82) is 0 Å². The maximum atomic E-state index is 5.23. The number of aryl methyl sites for hydroxylation is 1. The smallest absolute Gasteiger partial charge is 0.0165 e. The number of benzene rings is 1. The molecule has 2 rings (SSSR count). The molecule has 1 aliphatic rings. The predicted molar refractivity (Wildman–Crippen MR) is 91.9 cm³/mol. The molecule has 0 bridgehead atoms. The number of thiocarbonyl (C=S) groups is 1. The maximum absolute atomic E-state index is 5.23. The molecule has 2 atom stereocenters. The van der Waals surface area contributed by atoms with Crippen molar-refractivity contribution >= 4 is 17.6 Å². The molecule has 0 heterocycles. The Morgan fingerprint density at radius 3 is 2.55 bits per heavy atom. The lowest BCUT2D eigenvalue weighted by atomic mass is 9.77. The van der Waals surface area contributed by atoms with Crippen molar-refractivity contribution < 1.29 is 0 Å². The molecule has 0 unspecified atom stereocenters. The molecule has 110 valence electrons. The van der Waals surface area contributed by atoms with Gasteiger partial charge in [0.1, 0.15) is 0 Å².